The molecule has 2 aliphatic heterocycles. The van der Waals surface area contributed by atoms with Crippen LogP contribution in [0.1, 0.15) is 23.7 Å². The van der Waals surface area contributed by atoms with Crippen molar-refractivity contribution in [2.75, 3.05) is 5.32 Å². The Morgan fingerprint density at radius 1 is 1.16 bits per heavy atom. The molecule has 2 unspecified atom stereocenters. The molecule has 5 rings (SSSR count). The number of amides is 1. The average Bonchev–Trinajstić information content (AvgIpc) is 3.09. The number of H-pyrrole nitrogens is 1. The molecule has 1 spiro atoms. The normalized spacial score (nSPS) is 24.4. The summed E-state index contributed by atoms with van der Waals surface area (Å²) in [6.45, 7) is 2.09. The predicted molar refractivity (Wildman–Crippen MR) is 100 cm³/mol. The third-order valence-corrected chi connectivity index (χ3v) is 6.04. The van der Waals surface area contributed by atoms with Gasteiger partial charge in [-0.15, -0.1) is 0 Å². The zero-order valence-electron chi connectivity index (χ0n) is 13.4. The van der Waals surface area contributed by atoms with E-state index in [0.29, 0.717) is 15.7 Å². The Morgan fingerprint density at radius 2 is 1.96 bits per heavy atom. The lowest BCUT2D eigenvalue weighted by Crippen LogP contribution is -2.56. The maximum absolute atomic E-state index is 13.2. The van der Waals surface area contributed by atoms with E-state index in [1.165, 1.54) is 5.56 Å². The maximum atomic E-state index is 13.2. The van der Waals surface area contributed by atoms with Gasteiger partial charge in [0.1, 0.15) is 0 Å². The Morgan fingerprint density at radius 3 is 2.80 bits per heavy atom. The molecule has 2 aliphatic rings. The summed E-state index contributed by atoms with van der Waals surface area (Å²) in [5.41, 5.74) is 3.52. The molecule has 1 aromatic heterocycles. The summed E-state index contributed by atoms with van der Waals surface area (Å²) in [6, 6.07) is 11.9. The van der Waals surface area contributed by atoms with Gasteiger partial charge in [-0.1, -0.05) is 47.5 Å². The summed E-state index contributed by atoms with van der Waals surface area (Å²) in [5.74, 6) is -0.133. The van der Waals surface area contributed by atoms with E-state index >= 15 is 0 Å². The van der Waals surface area contributed by atoms with Crippen LogP contribution in [0.15, 0.2) is 36.4 Å². The van der Waals surface area contributed by atoms with Crippen LogP contribution >= 0.6 is 23.2 Å². The van der Waals surface area contributed by atoms with E-state index in [0.717, 1.165) is 28.6 Å². The van der Waals surface area contributed by atoms with Crippen molar-refractivity contribution in [3.05, 3.63) is 63.3 Å². The van der Waals surface area contributed by atoms with Crippen LogP contribution < -0.4 is 10.6 Å². The summed E-state index contributed by atoms with van der Waals surface area (Å²) >= 11 is 12.5. The molecule has 2 aromatic carbocycles. The number of benzene rings is 2. The van der Waals surface area contributed by atoms with Gasteiger partial charge in [0.05, 0.1) is 21.4 Å². The molecule has 126 valence electrons. The molecular weight excluding hydrogens is 357 g/mol. The fraction of sp³-hybridized carbons (Fsp3) is 0.211. The van der Waals surface area contributed by atoms with Gasteiger partial charge in [0.15, 0.2) is 5.54 Å². The zero-order chi connectivity index (χ0) is 17.3. The topological polar surface area (TPSA) is 56.9 Å². The van der Waals surface area contributed by atoms with E-state index in [4.69, 9.17) is 23.2 Å². The van der Waals surface area contributed by atoms with Crippen molar-refractivity contribution in [3.8, 4) is 0 Å². The van der Waals surface area contributed by atoms with E-state index in [9.17, 15) is 4.79 Å². The highest BCUT2D eigenvalue weighted by molar-refractivity contribution is 6.44. The molecule has 6 heteroatoms. The van der Waals surface area contributed by atoms with Gasteiger partial charge in [-0.2, -0.15) is 0 Å². The highest BCUT2D eigenvalue weighted by Crippen LogP contribution is 2.49. The van der Waals surface area contributed by atoms with Gasteiger partial charge in [-0.05, 0) is 31.0 Å². The second kappa shape index (κ2) is 5.01. The first-order valence-electron chi connectivity index (χ1n) is 8.20. The van der Waals surface area contributed by atoms with Gasteiger partial charge < -0.3 is 10.3 Å². The monoisotopic (exact) mass is 371 g/mol. The fourth-order valence-corrected chi connectivity index (χ4v) is 4.61. The molecule has 0 saturated heterocycles. The van der Waals surface area contributed by atoms with E-state index in [2.05, 4.69) is 28.6 Å². The molecule has 0 saturated carbocycles. The lowest BCUT2D eigenvalue weighted by molar-refractivity contribution is -0.121. The van der Waals surface area contributed by atoms with Crippen molar-refractivity contribution in [2.24, 2.45) is 0 Å². The van der Waals surface area contributed by atoms with Crippen molar-refractivity contribution < 1.29 is 4.79 Å². The largest absolute Gasteiger partial charge is 0.356 e. The maximum Gasteiger partial charge on any atom is 0.255 e. The van der Waals surface area contributed by atoms with Gasteiger partial charge >= 0.3 is 0 Å². The number of hydrogen-bond acceptors (Lipinski definition) is 2. The molecule has 0 aliphatic carbocycles. The predicted octanol–water partition coefficient (Wildman–Crippen LogP) is 4.20. The van der Waals surface area contributed by atoms with E-state index in [-0.39, 0.29) is 11.9 Å². The minimum absolute atomic E-state index is 0.133. The van der Waals surface area contributed by atoms with Crippen molar-refractivity contribution in [1.29, 1.82) is 0 Å². The number of anilines is 1. The van der Waals surface area contributed by atoms with Crippen LogP contribution in [0.25, 0.3) is 10.9 Å². The third-order valence-electron chi connectivity index (χ3n) is 5.24. The summed E-state index contributed by atoms with van der Waals surface area (Å²) in [6.07, 6.45) is 0.852. The first-order chi connectivity index (χ1) is 12.0. The zero-order valence-corrected chi connectivity index (χ0v) is 14.9. The molecule has 3 heterocycles. The van der Waals surface area contributed by atoms with Gasteiger partial charge in [-0.3, -0.25) is 10.1 Å². The van der Waals surface area contributed by atoms with Crippen LogP contribution in [0.4, 0.5) is 5.69 Å². The number of carbonyl (C=O) groups excluding carboxylic acids is 1. The number of halogens is 2. The second-order valence-corrected chi connectivity index (χ2v) is 7.55. The Labute approximate surface area is 154 Å². The van der Waals surface area contributed by atoms with Crippen LogP contribution in [-0.2, 0) is 16.8 Å². The van der Waals surface area contributed by atoms with Crippen LogP contribution in [0, 0.1) is 0 Å². The first-order valence-corrected chi connectivity index (χ1v) is 8.95. The molecule has 3 N–H and O–H groups in total. The molecule has 4 nitrogen and oxygen atoms in total. The van der Waals surface area contributed by atoms with Crippen LogP contribution in [0.3, 0.4) is 0 Å². The highest BCUT2D eigenvalue weighted by Gasteiger charge is 2.54. The molecule has 3 aromatic rings. The average molecular weight is 372 g/mol. The number of carbonyl (C=O) groups is 1. The van der Waals surface area contributed by atoms with Gasteiger partial charge in [0.25, 0.3) is 5.91 Å². The Kier molecular flexibility index (Phi) is 3.06. The van der Waals surface area contributed by atoms with Crippen LogP contribution in [0.2, 0.25) is 10.0 Å². The number of fused-ring (bicyclic) bond motifs is 6. The molecule has 0 radical (unpaired) electrons. The summed E-state index contributed by atoms with van der Waals surface area (Å²) in [5, 5.41) is 8.42. The Hall–Kier alpha value is -2.01. The third kappa shape index (κ3) is 1.85. The van der Waals surface area contributed by atoms with E-state index in [1.807, 2.05) is 24.3 Å². The number of hydrogen-bond donors (Lipinski definition) is 3. The number of nitrogens with one attached hydrogen (secondary N) is 3. The SMILES string of the molecule is CC1Cc2c([nH]c3ccccc23)C2(N1)C(=O)Nc1c2ccc(Cl)c1Cl. The molecule has 0 fully saturated rings. The first kappa shape index (κ1) is 15.3. The van der Waals surface area contributed by atoms with Gasteiger partial charge in [0.2, 0.25) is 0 Å². The quantitative estimate of drug-likeness (QED) is 0.554. The molecule has 2 atom stereocenters. The number of aromatic nitrogens is 1. The van der Waals surface area contributed by atoms with E-state index < -0.39 is 5.54 Å². The van der Waals surface area contributed by atoms with Crippen molar-refractivity contribution in [2.45, 2.75) is 24.9 Å². The number of aromatic amines is 1. The second-order valence-electron chi connectivity index (χ2n) is 6.76. The van der Waals surface area contributed by atoms with Crippen LogP contribution in [-0.4, -0.2) is 16.9 Å². The van der Waals surface area contributed by atoms with Crippen LogP contribution in [0.5, 0.6) is 0 Å². The lowest BCUT2D eigenvalue weighted by Gasteiger charge is -2.37. The Balaban J connectivity index is 1.87. The fourth-order valence-electron chi connectivity index (χ4n) is 4.24. The van der Waals surface area contributed by atoms with Crippen molar-refractivity contribution >= 4 is 45.7 Å². The molecule has 1 amide bonds. The highest BCUT2D eigenvalue weighted by atomic mass is 35.5. The van der Waals surface area contributed by atoms with Crippen molar-refractivity contribution in [3.63, 3.8) is 0 Å². The number of para-hydroxylation sites is 1. The lowest BCUT2D eigenvalue weighted by atomic mass is 9.80. The molecule has 25 heavy (non-hydrogen) atoms. The molecule has 0 bridgehead atoms. The van der Waals surface area contributed by atoms with Gasteiger partial charge in [-0.25, -0.2) is 0 Å². The summed E-state index contributed by atoms with van der Waals surface area (Å²) in [4.78, 5) is 16.6. The summed E-state index contributed by atoms with van der Waals surface area (Å²) < 4.78 is 0. The van der Waals surface area contributed by atoms with Crippen molar-refractivity contribution in [1.82, 2.24) is 10.3 Å². The molecular formula is C19H15Cl2N3O. The smallest absolute Gasteiger partial charge is 0.255 e. The van der Waals surface area contributed by atoms with Gasteiger partial charge in [0, 0.05) is 22.5 Å². The minimum atomic E-state index is -0.977. The summed E-state index contributed by atoms with van der Waals surface area (Å²) in [7, 11) is 0. The number of rotatable bonds is 0. The standard InChI is InChI=1S/C19H15Cl2N3O/c1-9-8-11-10-4-2-3-5-14(10)22-17(11)19(24-9)12-6-7-13(20)15(21)16(12)23-18(19)25/h2-7,9,22,24H,8H2,1H3,(H,23,25). The Bertz CT molecular complexity index is 1060. The minimum Gasteiger partial charge on any atom is -0.356 e. The van der Waals surface area contributed by atoms with E-state index in [1.54, 1.807) is 6.07 Å².